The van der Waals surface area contributed by atoms with E-state index in [1.807, 2.05) is 6.07 Å². The summed E-state index contributed by atoms with van der Waals surface area (Å²) in [6, 6.07) is 11.9. The number of rotatable bonds is 3. The van der Waals surface area contributed by atoms with Gasteiger partial charge in [0.1, 0.15) is 6.61 Å². The van der Waals surface area contributed by atoms with Gasteiger partial charge in [-0.2, -0.15) is 5.26 Å². The molecule has 0 aliphatic rings. The van der Waals surface area contributed by atoms with Crippen LogP contribution in [-0.4, -0.2) is 0 Å². The fourth-order valence-electron chi connectivity index (χ4n) is 1.69. The summed E-state index contributed by atoms with van der Waals surface area (Å²) in [6.45, 7) is 1.93. The van der Waals surface area contributed by atoms with Crippen molar-refractivity contribution in [3.63, 3.8) is 0 Å². The van der Waals surface area contributed by atoms with E-state index in [0.717, 1.165) is 11.1 Å². The van der Waals surface area contributed by atoms with E-state index in [1.54, 1.807) is 31.2 Å². The van der Waals surface area contributed by atoms with Crippen molar-refractivity contribution in [3.05, 3.63) is 58.9 Å². The molecule has 2 aromatic rings. The Bertz CT molecular complexity index is 647. The van der Waals surface area contributed by atoms with Crippen molar-refractivity contribution in [2.45, 2.75) is 13.5 Å². The first-order valence-electron chi connectivity index (χ1n) is 5.78. The summed E-state index contributed by atoms with van der Waals surface area (Å²) in [5.41, 5.74) is 7.99. The van der Waals surface area contributed by atoms with Crippen molar-refractivity contribution < 1.29 is 9.13 Å². The lowest BCUT2D eigenvalue weighted by molar-refractivity contribution is 0.290. The summed E-state index contributed by atoms with van der Waals surface area (Å²) in [7, 11) is 0. The molecule has 96 valence electrons. The molecule has 0 radical (unpaired) electrons. The van der Waals surface area contributed by atoms with Crippen LogP contribution in [0.1, 0.15) is 16.7 Å². The largest absolute Gasteiger partial charge is 0.486 e. The van der Waals surface area contributed by atoms with Crippen LogP contribution >= 0.6 is 0 Å². The van der Waals surface area contributed by atoms with Gasteiger partial charge in [0, 0.05) is 17.3 Å². The van der Waals surface area contributed by atoms with Crippen molar-refractivity contribution in [2.24, 2.45) is 0 Å². The molecule has 0 atom stereocenters. The van der Waals surface area contributed by atoms with Crippen LogP contribution in [0.25, 0.3) is 0 Å². The summed E-state index contributed by atoms with van der Waals surface area (Å²) in [4.78, 5) is 0. The third-order valence-corrected chi connectivity index (χ3v) is 2.84. The molecule has 4 heteroatoms. The molecule has 0 aliphatic heterocycles. The van der Waals surface area contributed by atoms with Gasteiger partial charge in [-0.05, 0) is 24.6 Å². The van der Waals surface area contributed by atoms with E-state index in [4.69, 9.17) is 15.7 Å². The van der Waals surface area contributed by atoms with Crippen LogP contribution < -0.4 is 10.5 Å². The molecule has 0 saturated heterocycles. The van der Waals surface area contributed by atoms with E-state index in [0.29, 0.717) is 11.3 Å². The number of halogens is 1. The summed E-state index contributed by atoms with van der Waals surface area (Å²) in [5.74, 6) is -0.364. The van der Waals surface area contributed by atoms with Gasteiger partial charge >= 0.3 is 0 Å². The Morgan fingerprint density at radius 2 is 2.05 bits per heavy atom. The molecule has 0 unspecified atom stereocenters. The predicted octanol–water partition coefficient (Wildman–Crippen LogP) is 3.17. The fraction of sp³-hybridized carbons (Fsp3) is 0.133. The van der Waals surface area contributed by atoms with Gasteiger partial charge in [0.15, 0.2) is 11.6 Å². The second kappa shape index (κ2) is 5.40. The lowest BCUT2D eigenvalue weighted by atomic mass is 10.1. The Morgan fingerprint density at radius 1 is 1.32 bits per heavy atom. The van der Waals surface area contributed by atoms with Crippen LogP contribution in [-0.2, 0) is 6.61 Å². The number of aryl methyl sites for hydroxylation is 1. The number of nitrogens with two attached hydrogens (primary N) is 1. The van der Waals surface area contributed by atoms with Crippen molar-refractivity contribution in [2.75, 3.05) is 5.73 Å². The highest BCUT2D eigenvalue weighted by atomic mass is 19.1. The first kappa shape index (κ1) is 12.9. The normalized spacial score (nSPS) is 9.95. The van der Waals surface area contributed by atoms with Crippen molar-refractivity contribution >= 4 is 5.69 Å². The third-order valence-electron chi connectivity index (χ3n) is 2.84. The minimum Gasteiger partial charge on any atom is -0.486 e. The van der Waals surface area contributed by atoms with Crippen LogP contribution in [0.3, 0.4) is 0 Å². The van der Waals surface area contributed by atoms with E-state index in [9.17, 15) is 4.39 Å². The average molecular weight is 256 g/mol. The lowest BCUT2D eigenvalue weighted by Crippen LogP contribution is -2.01. The summed E-state index contributed by atoms with van der Waals surface area (Å²) in [5, 5.41) is 8.95. The number of anilines is 1. The van der Waals surface area contributed by atoms with Gasteiger partial charge in [-0.25, -0.2) is 4.39 Å². The Labute approximate surface area is 111 Å². The van der Waals surface area contributed by atoms with Gasteiger partial charge in [-0.1, -0.05) is 18.2 Å². The van der Waals surface area contributed by atoms with Crippen LogP contribution in [0.5, 0.6) is 5.75 Å². The second-order valence-corrected chi connectivity index (χ2v) is 4.20. The van der Waals surface area contributed by atoms with Gasteiger partial charge in [0.25, 0.3) is 0 Å². The van der Waals surface area contributed by atoms with Crippen LogP contribution in [0.15, 0.2) is 36.4 Å². The number of nitriles is 1. The number of nitrogen functional groups attached to an aromatic ring is 1. The quantitative estimate of drug-likeness (QED) is 0.858. The van der Waals surface area contributed by atoms with Crippen molar-refractivity contribution in [3.8, 4) is 11.8 Å². The zero-order valence-corrected chi connectivity index (χ0v) is 10.5. The van der Waals surface area contributed by atoms with E-state index in [1.165, 1.54) is 6.07 Å². The molecule has 0 aliphatic carbocycles. The second-order valence-electron chi connectivity index (χ2n) is 4.20. The molecule has 19 heavy (non-hydrogen) atoms. The molecule has 0 bridgehead atoms. The number of ether oxygens (including phenoxy) is 1. The maximum atomic E-state index is 13.6. The van der Waals surface area contributed by atoms with Crippen LogP contribution in [0.2, 0.25) is 0 Å². The molecule has 0 spiro atoms. The zero-order valence-electron chi connectivity index (χ0n) is 10.5. The van der Waals surface area contributed by atoms with Crippen LogP contribution in [0, 0.1) is 24.1 Å². The highest BCUT2D eigenvalue weighted by molar-refractivity contribution is 5.50. The number of hydrogen-bond acceptors (Lipinski definition) is 3. The monoisotopic (exact) mass is 256 g/mol. The van der Waals surface area contributed by atoms with Gasteiger partial charge in [0.05, 0.1) is 11.6 Å². The molecule has 0 amide bonds. The van der Waals surface area contributed by atoms with Crippen molar-refractivity contribution in [1.82, 2.24) is 0 Å². The van der Waals surface area contributed by atoms with E-state index < -0.39 is 5.82 Å². The smallest absolute Gasteiger partial charge is 0.167 e. The molecule has 0 saturated carbocycles. The fourth-order valence-corrected chi connectivity index (χ4v) is 1.69. The minimum absolute atomic E-state index is 0.138. The highest BCUT2D eigenvalue weighted by Gasteiger charge is 2.08. The molecule has 0 fully saturated rings. The van der Waals surface area contributed by atoms with E-state index in [2.05, 4.69) is 6.07 Å². The van der Waals surface area contributed by atoms with Crippen molar-refractivity contribution in [1.29, 1.82) is 5.26 Å². The van der Waals surface area contributed by atoms with Crippen LogP contribution in [0.4, 0.5) is 10.1 Å². The third kappa shape index (κ3) is 2.83. The molecule has 2 aromatic carbocycles. The topological polar surface area (TPSA) is 59.0 Å². The SMILES string of the molecule is Cc1cc(OCc2ccccc2C#N)c(F)cc1N. The summed E-state index contributed by atoms with van der Waals surface area (Å²) in [6.07, 6.45) is 0. The summed E-state index contributed by atoms with van der Waals surface area (Å²) >= 11 is 0. The Balaban J connectivity index is 2.20. The molecule has 2 N–H and O–H groups in total. The van der Waals surface area contributed by atoms with E-state index in [-0.39, 0.29) is 12.4 Å². The predicted molar refractivity (Wildman–Crippen MR) is 71.0 cm³/mol. The van der Waals surface area contributed by atoms with Gasteiger partial charge in [0.2, 0.25) is 0 Å². The molecule has 0 heterocycles. The van der Waals surface area contributed by atoms with Gasteiger partial charge in [-0.3, -0.25) is 0 Å². The Kier molecular flexibility index (Phi) is 3.67. The molecule has 3 nitrogen and oxygen atoms in total. The molecular weight excluding hydrogens is 243 g/mol. The zero-order chi connectivity index (χ0) is 13.8. The van der Waals surface area contributed by atoms with Gasteiger partial charge < -0.3 is 10.5 Å². The standard InChI is InChI=1S/C15H13FN2O/c1-10-6-15(13(16)7-14(10)18)19-9-12-5-3-2-4-11(12)8-17/h2-7H,9,18H2,1H3. The Hall–Kier alpha value is -2.54. The highest BCUT2D eigenvalue weighted by Crippen LogP contribution is 2.24. The number of hydrogen-bond donors (Lipinski definition) is 1. The first-order valence-corrected chi connectivity index (χ1v) is 5.78. The number of benzene rings is 2. The molecular formula is C15H13FN2O. The first-order chi connectivity index (χ1) is 9.11. The average Bonchev–Trinajstić information content (AvgIpc) is 2.41. The summed E-state index contributed by atoms with van der Waals surface area (Å²) < 4.78 is 19.1. The molecule has 0 aromatic heterocycles. The Morgan fingerprint density at radius 3 is 2.79 bits per heavy atom. The minimum atomic E-state index is -0.502. The maximum absolute atomic E-state index is 13.6. The lowest BCUT2D eigenvalue weighted by Gasteiger charge is -2.10. The maximum Gasteiger partial charge on any atom is 0.167 e. The molecule has 2 rings (SSSR count). The number of nitrogens with zero attached hydrogens (tertiary/aromatic N) is 1. The van der Waals surface area contributed by atoms with E-state index >= 15 is 0 Å². The van der Waals surface area contributed by atoms with Gasteiger partial charge in [-0.15, -0.1) is 0 Å².